The lowest BCUT2D eigenvalue weighted by Gasteiger charge is -2.26. The maximum Gasteiger partial charge on any atom is 0.119 e. The number of anilines is 1. The number of benzene rings is 1. The quantitative estimate of drug-likeness (QED) is 0.297. The Bertz CT molecular complexity index is 654. The minimum Gasteiger partial charge on any atom is -0.497 e. The number of nitrogens with zero attached hydrogens (tertiary/aromatic N) is 1. The van der Waals surface area contributed by atoms with Crippen molar-refractivity contribution in [1.82, 2.24) is 0 Å². The van der Waals surface area contributed by atoms with E-state index in [-0.39, 0.29) is 0 Å². The lowest BCUT2D eigenvalue weighted by atomic mass is 9.85. The zero-order valence-electron chi connectivity index (χ0n) is 19.6. The third kappa shape index (κ3) is 6.75. The zero-order chi connectivity index (χ0) is 21.0. The van der Waals surface area contributed by atoms with E-state index in [9.17, 15) is 0 Å². The molecule has 0 bridgehead atoms. The summed E-state index contributed by atoms with van der Waals surface area (Å²) in [6, 6.07) is 6.88. The van der Waals surface area contributed by atoms with E-state index in [2.05, 4.69) is 30.4 Å². The molecule has 2 heterocycles. The molecule has 0 amide bonds. The molecule has 1 aromatic rings. The van der Waals surface area contributed by atoms with E-state index in [1.807, 2.05) is 0 Å². The van der Waals surface area contributed by atoms with Crippen molar-refractivity contribution in [1.29, 1.82) is 0 Å². The molecular weight excluding hydrogens is 368 g/mol. The van der Waals surface area contributed by atoms with Gasteiger partial charge in [-0.2, -0.15) is 0 Å². The van der Waals surface area contributed by atoms with Gasteiger partial charge in [0.25, 0.3) is 0 Å². The molecule has 0 spiro atoms. The smallest absolute Gasteiger partial charge is 0.119 e. The summed E-state index contributed by atoms with van der Waals surface area (Å²) in [7, 11) is 1.75. The van der Waals surface area contributed by atoms with Crippen molar-refractivity contribution in [3.63, 3.8) is 0 Å². The lowest BCUT2D eigenvalue weighted by Crippen LogP contribution is -2.34. The SMILES string of the molecule is CCCCCCCCCCCCCCCC1=NCC[C@@H]2c3cc(OC)ccc3N[C@H]12. The van der Waals surface area contributed by atoms with Crippen LogP contribution >= 0.6 is 0 Å². The van der Waals surface area contributed by atoms with Crippen LogP contribution in [0.15, 0.2) is 23.2 Å². The summed E-state index contributed by atoms with van der Waals surface area (Å²) in [4.78, 5) is 4.91. The highest BCUT2D eigenvalue weighted by molar-refractivity contribution is 5.95. The van der Waals surface area contributed by atoms with Crippen molar-refractivity contribution in [2.24, 2.45) is 4.99 Å². The van der Waals surface area contributed by atoms with Crippen LogP contribution in [0.25, 0.3) is 0 Å². The van der Waals surface area contributed by atoms with Crippen LogP contribution in [0, 0.1) is 0 Å². The average Bonchev–Trinajstić information content (AvgIpc) is 3.15. The molecule has 30 heavy (non-hydrogen) atoms. The van der Waals surface area contributed by atoms with Gasteiger partial charge in [-0.25, -0.2) is 0 Å². The third-order valence-electron chi connectivity index (χ3n) is 7.02. The Morgan fingerprint density at radius 1 is 0.900 bits per heavy atom. The van der Waals surface area contributed by atoms with Gasteiger partial charge in [0, 0.05) is 23.9 Å². The highest BCUT2D eigenvalue weighted by Gasteiger charge is 2.37. The fourth-order valence-corrected chi connectivity index (χ4v) is 5.20. The molecule has 3 rings (SSSR count). The fraction of sp³-hybridized carbons (Fsp3) is 0.741. The van der Waals surface area contributed by atoms with Crippen molar-refractivity contribution in [3.05, 3.63) is 23.8 Å². The van der Waals surface area contributed by atoms with Gasteiger partial charge in [-0.1, -0.05) is 84.0 Å². The molecule has 0 unspecified atom stereocenters. The van der Waals surface area contributed by atoms with Crippen LogP contribution in [0.2, 0.25) is 0 Å². The predicted molar refractivity (Wildman–Crippen MR) is 130 cm³/mol. The summed E-state index contributed by atoms with van der Waals surface area (Å²) in [5.74, 6) is 1.54. The fourth-order valence-electron chi connectivity index (χ4n) is 5.20. The summed E-state index contributed by atoms with van der Waals surface area (Å²) in [5, 5.41) is 3.75. The van der Waals surface area contributed by atoms with Crippen molar-refractivity contribution >= 4 is 11.4 Å². The Labute approximate surface area is 185 Å². The number of methoxy groups -OCH3 is 1. The molecule has 168 valence electrons. The molecule has 1 aromatic carbocycles. The van der Waals surface area contributed by atoms with E-state index in [1.165, 1.54) is 100 Å². The van der Waals surface area contributed by atoms with Crippen LogP contribution in [-0.4, -0.2) is 25.4 Å². The maximum atomic E-state index is 5.44. The van der Waals surface area contributed by atoms with Gasteiger partial charge < -0.3 is 10.1 Å². The Hall–Kier alpha value is -1.51. The Morgan fingerprint density at radius 2 is 1.53 bits per heavy atom. The second-order valence-electron chi connectivity index (χ2n) is 9.34. The normalized spacial score (nSPS) is 19.7. The average molecular weight is 413 g/mol. The first-order valence-electron chi connectivity index (χ1n) is 12.8. The highest BCUT2D eigenvalue weighted by atomic mass is 16.5. The number of nitrogens with one attached hydrogen (secondary N) is 1. The Balaban J connectivity index is 1.25. The molecule has 3 nitrogen and oxygen atoms in total. The van der Waals surface area contributed by atoms with Gasteiger partial charge in [0.1, 0.15) is 5.75 Å². The van der Waals surface area contributed by atoms with Crippen LogP contribution in [0.4, 0.5) is 5.69 Å². The second-order valence-corrected chi connectivity index (χ2v) is 9.34. The monoisotopic (exact) mass is 412 g/mol. The number of ether oxygens (including phenoxy) is 1. The van der Waals surface area contributed by atoms with E-state index >= 15 is 0 Å². The van der Waals surface area contributed by atoms with Crippen molar-refractivity contribution in [3.8, 4) is 5.75 Å². The number of hydrogen-bond donors (Lipinski definition) is 1. The van der Waals surface area contributed by atoms with Gasteiger partial charge in [0.15, 0.2) is 0 Å². The lowest BCUT2D eigenvalue weighted by molar-refractivity contribution is 0.414. The van der Waals surface area contributed by atoms with Gasteiger partial charge in [-0.05, 0) is 43.0 Å². The molecule has 2 atom stereocenters. The van der Waals surface area contributed by atoms with Crippen LogP contribution in [-0.2, 0) is 0 Å². The van der Waals surface area contributed by atoms with Gasteiger partial charge in [-0.15, -0.1) is 0 Å². The van der Waals surface area contributed by atoms with Crippen molar-refractivity contribution < 1.29 is 4.74 Å². The molecule has 0 saturated heterocycles. The van der Waals surface area contributed by atoms with Gasteiger partial charge in [-0.3, -0.25) is 4.99 Å². The molecule has 2 aliphatic rings. The van der Waals surface area contributed by atoms with Crippen LogP contribution in [0.1, 0.15) is 115 Å². The third-order valence-corrected chi connectivity index (χ3v) is 7.02. The summed E-state index contributed by atoms with van der Waals surface area (Å²) >= 11 is 0. The summed E-state index contributed by atoms with van der Waals surface area (Å²) in [6.45, 7) is 3.27. The standard InChI is InChI=1S/C27H44N2O/c1-3-4-5-6-7-8-9-10-11-12-13-14-15-16-26-27-23(19-20-28-26)24-21-22(30-2)17-18-25(24)29-27/h17-18,21,23,27,29H,3-16,19-20H2,1-2H3/t23-,27+/m1/s1. The first-order valence-corrected chi connectivity index (χ1v) is 12.8. The summed E-state index contributed by atoms with van der Waals surface area (Å²) in [6.07, 6.45) is 20.7. The second kappa shape index (κ2) is 13.0. The van der Waals surface area contributed by atoms with Crippen LogP contribution in [0.3, 0.4) is 0 Å². The first kappa shape index (κ1) is 23.2. The molecule has 1 N–H and O–H groups in total. The molecule has 0 aliphatic carbocycles. The Kier molecular flexibility index (Phi) is 10.1. The number of fused-ring (bicyclic) bond motifs is 3. The number of unbranched alkanes of at least 4 members (excludes halogenated alkanes) is 12. The summed E-state index contributed by atoms with van der Waals surface area (Å²) in [5.41, 5.74) is 4.12. The molecule has 2 aliphatic heterocycles. The largest absolute Gasteiger partial charge is 0.497 e. The van der Waals surface area contributed by atoms with Crippen molar-refractivity contribution in [2.75, 3.05) is 19.0 Å². The van der Waals surface area contributed by atoms with E-state index < -0.39 is 0 Å². The molecule has 0 aromatic heterocycles. The number of rotatable bonds is 15. The van der Waals surface area contributed by atoms with E-state index in [0.717, 1.165) is 25.1 Å². The number of aliphatic imine (C=N–C) groups is 1. The topological polar surface area (TPSA) is 33.6 Å². The predicted octanol–water partition coefficient (Wildman–Crippen LogP) is 7.90. The van der Waals surface area contributed by atoms with E-state index in [0.29, 0.717) is 12.0 Å². The zero-order valence-corrected chi connectivity index (χ0v) is 19.6. The molecule has 0 saturated carbocycles. The van der Waals surface area contributed by atoms with E-state index in [4.69, 9.17) is 9.73 Å². The first-order chi connectivity index (χ1) is 14.8. The van der Waals surface area contributed by atoms with Crippen molar-refractivity contribution in [2.45, 2.75) is 115 Å². The minimum atomic E-state index is 0.415. The van der Waals surface area contributed by atoms with E-state index in [1.54, 1.807) is 7.11 Å². The molecular formula is C27H44N2O. The van der Waals surface area contributed by atoms with Gasteiger partial charge in [0.05, 0.1) is 13.2 Å². The Morgan fingerprint density at radius 3 is 2.17 bits per heavy atom. The molecule has 0 radical (unpaired) electrons. The van der Waals surface area contributed by atoms with Gasteiger partial charge >= 0.3 is 0 Å². The maximum absolute atomic E-state index is 5.44. The van der Waals surface area contributed by atoms with Crippen LogP contribution in [0.5, 0.6) is 5.75 Å². The molecule has 0 fully saturated rings. The minimum absolute atomic E-state index is 0.415. The number of hydrogen-bond acceptors (Lipinski definition) is 3. The summed E-state index contributed by atoms with van der Waals surface area (Å²) < 4.78 is 5.44. The van der Waals surface area contributed by atoms with Gasteiger partial charge in [0.2, 0.25) is 0 Å². The highest BCUT2D eigenvalue weighted by Crippen LogP contribution is 2.42. The van der Waals surface area contributed by atoms with Crippen LogP contribution < -0.4 is 10.1 Å². The molecule has 3 heteroatoms.